The number of azo groups is 1. The smallest absolute Gasteiger partial charge is 0.362 e. The molecule has 0 bridgehead atoms. The molecule has 0 radical (unpaired) electrons. The van der Waals surface area contributed by atoms with Gasteiger partial charge in [-0.15, -0.1) is 16.7 Å². The third-order valence-corrected chi connectivity index (χ3v) is 2.54. The van der Waals surface area contributed by atoms with Crippen molar-refractivity contribution in [2.45, 2.75) is 13.8 Å². The highest BCUT2D eigenvalue weighted by molar-refractivity contribution is 6.19. The Hall–Kier alpha value is -2.08. The second kappa shape index (κ2) is 8.97. The molecule has 0 aliphatic heterocycles. The first-order chi connectivity index (χ1) is 10.1. The van der Waals surface area contributed by atoms with Gasteiger partial charge in [-0.2, -0.15) is 5.11 Å². The molecule has 0 fully saturated rings. The van der Waals surface area contributed by atoms with Gasteiger partial charge in [-0.05, 0) is 38.1 Å². The number of carbonyl (C=O) groups is 1. The number of aliphatic hydroxyl groups is 1. The number of aliphatic hydroxyl groups excluding tert-OH is 1. The van der Waals surface area contributed by atoms with Crippen LogP contribution in [0, 0.1) is 0 Å². The van der Waals surface area contributed by atoms with Crippen molar-refractivity contribution in [1.82, 2.24) is 0 Å². The second-order valence-electron chi connectivity index (χ2n) is 3.78. The van der Waals surface area contributed by atoms with Crippen LogP contribution in [0.1, 0.15) is 13.8 Å². The maximum absolute atomic E-state index is 11.6. The van der Waals surface area contributed by atoms with Crippen LogP contribution in [0.15, 0.2) is 46.0 Å². The van der Waals surface area contributed by atoms with Gasteiger partial charge in [0, 0.05) is 0 Å². The molecule has 1 N–H and O–H groups in total. The topological polar surface area (TPSA) is 80.5 Å². The van der Waals surface area contributed by atoms with Crippen LogP contribution >= 0.6 is 11.6 Å². The molecule has 0 spiro atoms. The first-order valence-corrected chi connectivity index (χ1v) is 6.95. The fraction of sp³-hybridized carbons (Fsp3) is 0.357. The number of hydrogen-bond donors (Lipinski definition) is 1. The van der Waals surface area contributed by atoms with Crippen molar-refractivity contribution >= 4 is 23.3 Å². The minimum atomic E-state index is -0.773. The number of hydrogen-bond acceptors (Lipinski definition) is 6. The molecule has 7 heteroatoms. The first kappa shape index (κ1) is 17.0. The van der Waals surface area contributed by atoms with Gasteiger partial charge < -0.3 is 14.6 Å². The summed E-state index contributed by atoms with van der Waals surface area (Å²) in [6.45, 7) is 4.27. The Morgan fingerprint density at radius 3 is 2.43 bits per heavy atom. The van der Waals surface area contributed by atoms with Crippen LogP contribution in [0.2, 0.25) is 0 Å². The van der Waals surface area contributed by atoms with Gasteiger partial charge in [0.05, 0.1) is 24.8 Å². The van der Waals surface area contributed by atoms with Crippen molar-refractivity contribution in [3.63, 3.8) is 0 Å². The van der Waals surface area contributed by atoms with Gasteiger partial charge in [0.1, 0.15) is 11.5 Å². The van der Waals surface area contributed by atoms with Crippen LogP contribution in [0.25, 0.3) is 0 Å². The van der Waals surface area contributed by atoms with Gasteiger partial charge in [0.25, 0.3) is 0 Å². The quantitative estimate of drug-likeness (QED) is 0.273. The summed E-state index contributed by atoms with van der Waals surface area (Å²) >= 11 is 5.49. The lowest BCUT2D eigenvalue weighted by molar-refractivity contribution is -0.138. The number of nitrogens with zero attached hydrogens (tertiary/aromatic N) is 2. The minimum absolute atomic E-state index is 0.163. The number of alkyl halides is 1. The standard InChI is InChI=1S/C14H17ClN2O4/c1-3-20-11-7-5-10(6-8-11)16-17-13(12(18)9-15)14(19)21-4-2/h5-8,18H,3-4,9H2,1-2H3/b13-12+,17-16?. The molecule has 0 saturated carbocycles. The van der Waals surface area contributed by atoms with E-state index in [1.54, 1.807) is 31.2 Å². The summed E-state index contributed by atoms with van der Waals surface area (Å²) in [7, 11) is 0. The summed E-state index contributed by atoms with van der Waals surface area (Å²) in [6.07, 6.45) is 0. The average molecular weight is 313 g/mol. The maximum atomic E-state index is 11.6. The Morgan fingerprint density at radius 1 is 1.24 bits per heavy atom. The first-order valence-electron chi connectivity index (χ1n) is 6.42. The fourth-order valence-electron chi connectivity index (χ4n) is 1.36. The zero-order valence-electron chi connectivity index (χ0n) is 11.9. The number of allylic oxidation sites excluding steroid dienone is 1. The summed E-state index contributed by atoms with van der Waals surface area (Å²) in [4.78, 5) is 11.6. The SMILES string of the molecule is CCOC(=O)/C(N=Nc1ccc(OCC)cc1)=C(\O)CCl. The fourth-order valence-corrected chi connectivity index (χ4v) is 1.49. The third-order valence-electron chi connectivity index (χ3n) is 2.28. The number of carbonyl (C=O) groups excluding carboxylic acids is 1. The summed E-state index contributed by atoms with van der Waals surface area (Å²) in [6, 6.07) is 6.81. The largest absolute Gasteiger partial charge is 0.508 e. The van der Waals surface area contributed by atoms with E-state index < -0.39 is 5.97 Å². The molecule has 0 aromatic heterocycles. The van der Waals surface area contributed by atoms with Crippen molar-refractivity contribution in [2.75, 3.05) is 19.1 Å². The van der Waals surface area contributed by atoms with Crippen molar-refractivity contribution in [3.05, 3.63) is 35.7 Å². The maximum Gasteiger partial charge on any atom is 0.362 e. The van der Waals surface area contributed by atoms with Crippen molar-refractivity contribution in [1.29, 1.82) is 0 Å². The van der Waals surface area contributed by atoms with Gasteiger partial charge in [-0.3, -0.25) is 0 Å². The molecule has 0 aliphatic rings. The summed E-state index contributed by atoms with van der Waals surface area (Å²) < 4.78 is 10.1. The zero-order chi connectivity index (χ0) is 15.7. The average Bonchev–Trinajstić information content (AvgIpc) is 2.49. The van der Waals surface area contributed by atoms with Crippen LogP contribution in [0.4, 0.5) is 5.69 Å². The van der Waals surface area contributed by atoms with E-state index in [2.05, 4.69) is 10.2 Å². The molecule has 1 aromatic carbocycles. The number of rotatable bonds is 7. The highest BCUT2D eigenvalue weighted by Crippen LogP contribution is 2.20. The highest BCUT2D eigenvalue weighted by atomic mass is 35.5. The van der Waals surface area contributed by atoms with Crippen molar-refractivity contribution in [3.8, 4) is 5.75 Å². The van der Waals surface area contributed by atoms with Crippen LogP contribution in [0.3, 0.4) is 0 Å². The zero-order valence-corrected chi connectivity index (χ0v) is 12.6. The van der Waals surface area contributed by atoms with E-state index in [-0.39, 0.29) is 23.9 Å². The van der Waals surface area contributed by atoms with E-state index in [9.17, 15) is 9.90 Å². The number of esters is 1. The lowest BCUT2D eigenvalue weighted by Gasteiger charge is -2.04. The Balaban J connectivity index is 2.90. The molecular formula is C14H17ClN2O4. The molecule has 21 heavy (non-hydrogen) atoms. The van der Waals surface area contributed by atoms with E-state index >= 15 is 0 Å². The normalized spacial score (nSPS) is 12.1. The molecule has 0 heterocycles. The Labute approximate surface area is 128 Å². The van der Waals surface area contributed by atoms with Gasteiger partial charge in [0.2, 0.25) is 5.70 Å². The van der Waals surface area contributed by atoms with E-state index in [1.807, 2.05) is 6.92 Å². The summed E-state index contributed by atoms with van der Waals surface area (Å²) in [5, 5.41) is 17.2. The molecule has 1 rings (SSSR count). The third kappa shape index (κ3) is 5.43. The van der Waals surface area contributed by atoms with E-state index in [4.69, 9.17) is 21.1 Å². The molecule has 0 atom stereocenters. The van der Waals surface area contributed by atoms with E-state index in [0.717, 1.165) is 0 Å². The van der Waals surface area contributed by atoms with Crippen LogP contribution in [-0.4, -0.2) is 30.2 Å². The lowest BCUT2D eigenvalue weighted by Crippen LogP contribution is -2.09. The second-order valence-corrected chi connectivity index (χ2v) is 4.04. The molecule has 0 saturated heterocycles. The summed E-state index contributed by atoms with van der Waals surface area (Å²) in [5.74, 6) is -0.701. The number of halogens is 1. The van der Waals surface area contributed by atoms with Crippen molar-refractivity contribution in [2.24, 2.45) is 10.2 Å². The molecule has 1 aromatic rings. The Morgan fingerprint density at radius 2 is 1.90 bits per heavy atom. The molecular weight excluding hydrogens is 296 g/mol. The number of benzene rings is 1. The molecule has 0 amide bonds. The van der Waals surface area contributed by atoms with Gasteiger partial charge >= 0.3 is 5.97 Å². The Kier molecular flexibility index (Phi) is 7.25. The van der Waals surface area contributed by atoms with Crippen LogP contribution in [0.5, 0.6) is 5.75 Å². The predicted molar refractivity (Wildman–Crippen MR) is 79.1 cm³/mol. The predicted octanol–water partition coefficient (Wildman–Crippen LogP) is 3.74. The lowest BCUT2D eigenvalue weighted by atomic mass is 10.3. The van der Waals surface area contributed by atoms with Crippen LogP contribution in [-0.2, 0) is 9.53 Å². The van der Waals surface area contributed by atoms with Crippen molar-refractivity contribution < 1.29 is 19.4 Å². The van der Waals surface area contributed by atoms with Crippen LogP contribution < -0.4 is 4.74 Å². The van der Waals surface area contributed by atoms with E-state index in [0.29, 0.717) is 18.0 Å². The monoisotopic (exact) mass is 312 g/mol. The molecule has 0 unspecified atom stereocenters. The molecule has 0 aliphatic carbocycles. The highest BCUT2D eigenvalue weighted by Gasteiger charge is 2.16. The van der Waals surface area contributed by atoms with E-state index in [1.165, 1.54) is 0 Å². The Bertz CT molecular complexity index is 526. The van der Waals surface area contributed by atoms with Gasteiger partial charge in [-0.25, -0.2) is 4.79 Å². The van der Waals surface area contributed by atoms with Gasteiger partial charge in [0.15, 0.2) is 0 Å². The number of ether oxygens (including phenoxy) is 2. The van der Waals surface area contributed by atoms with Gasteiger partial charge in [-0.1, -0.05) is 0 Å². The molecule has 6 nitrogen and oxygen atoms in total. The molecule has 114 valence electrons. The minimum Gasteiger partial charge on any atom is -0.508 e. The summed E-state index contributed by atoms with van der Waals surface area (Å²) in [5.41, 5.74) is 0.198.